The summed E-state index contributed by atoms with van der Waals surface area (Å²) < 4.78 is 0. The molecule has 2 rings (SSSR count). The van der Waals surface area contributed by atoms with Crippen LogP contribution in [0.25, 0.3) is 0 Å². The Morgan fingerprint density at radius 1 is 1.50 bits per heavy atom. The molecule has 0 unspecified atom stereocenters. The number of hydrogen-bond acceptors (Lipinski definition) is 3. The lowest BCUT2D eigenvalue weighted by molar-refractivity contribution is -0.385. The average Bonchev–Trinajstić information content (AvgIpc) is 2.98. The number of aryl methyl sites for hydroxylation is 1. The molecule has 5 heteroatoms. The van der Waals surface area contributed by atoms with Crippen LogP contribution in [0.5, 0.6) is 0 Å². The Kier molecular flexibility index (Phi) is 2.18. The van der Waals surface area contributed by atoms with Gasteiger partial charge in [0.25, 0.3) is 5.69 Å². The van der Waals surface area contributed by atoms with Crippen molar-refractivity contribution in [3.05, 3.63) is 39.4 Å². The Bertz CT molecular complexity index is 477. The zero-order valence-corrected chi connectivity index (χ0v) is 8.77. The number of aliphatic carboxylic acids is 1. The Labute approximate surface area is 91.9 Å². The highest BCUT2D eigenvalue weighted by Crippen LogP contribution is 2.52. The number of carboxylic acid groups (broad SMARTS) is 1. The zero-order chi connectivity index (χ0) is 11.9. The van der Waals surface area contributed by atoms with Gasteiger partial charge in [0.1, 0.15) is 0 Å². The molecule has 1 aliphatic carbocycles. The molecule has 1 aliphatic rings. The predicted octanol–water partition coefficient (Wildman–Crippen LogP) is 2.02. The number of hydrogen-bond donors (Lipinski definition) is 1. The highest BCUT2D eigenvalue weighted by atomic mass is 16.6. The van der Waals surface area contributed by atoms with Gasteiger partial charge in [-0.2, -0.15) is 0 Å². The molecule has 0 heterocycles. The normalized spacial score (nSPS) is 16.8. The van der Waals surface area contributed by atoms with E-state index >= 15 is 0 Å². The van der Waals surface area contributed by atoms with Gasteiger partial charge in [0.15, 0.2) is 0 Å². The number of benzene rings is 1. The van der Waals surface area contributed by atoms with E-state index in [2.05, 4.69) is 0 Å². The fourth-order valence-electron chi connectivity index (χ4n) is 2.12. The maximum Gasteiger partial charge on any atom is 0.314 e. The minimum atomic E-state index is -1.02. The first kappa shape index (κ1) is 10.6. The van der Waals surface area contributed by atoms with E-state index < -0.39 is 16.3 Å². The van der Waals surface area contributed by atoms with Crippen LogP contribution in [0.15, 0.2) is 18.2 Å². The largest absolute Gasteiger partial charge is 0.481 e. The van der Waals surface area contributed by atoms with Gasteiger partial charge in [-0.3, -0.25) is 14.9 Å². The number of nitro benzene ring substituents is 1. The molecule has 0 spiro atoms. The minimum absolute atomic E-state index is 0.0834. The van der Waals surface area contributed by atoms with E-state index in [1.165, 1.54) is 6.07 Å². The summed E-state index contributed by atoms with van der Waals surface area (Å²) in [4.78, 5) is 21.6. The first-order chi connectivity index (χ1) is 7.49. The second-order valence-electron chi connectivity index (χ2n) is 4.11. The first-order valence-electron chi connectivity index (χ1n) is 4.97. The van der Waals surface area contributed by atoms with E-state index in [-0.39, 0.29) is 5.69 Å². The lowest BCUT2D eigenvalue weighted by Crippen LogP contribution is -2.22. The molecule has 16 heavy (non-hydrogen) atoms. The van der Waals surface area contributed by atoms with Gasteiger partial charge in [-0.15, -0.1) is 0 Å². The van der Waals surface area contributed by atoms with Crippen molar-refractivity contribution < 1.29 is 14.8 Å². The monoisotopic (exact) mass is 221 g/mol. The molecule has 0 aromatic heterocycles. The molecule has 84 valence electrons. The molecule has 0 atom stereocenters. The highest BCUT2D eigenvalue weighted by Gasteiger charge is 2.55. The SMILES string of the molecule is Cc1cccc([N+](=O)[O-])c1C1(C(=O)O)CC1. The van der Waals surface area contributed by atoms with Crippen LogP contribution in [-0.2, 0) is 10.2 Å². The number of nitrogens with zero attached hydrogens (tertiary/aromatic N) is 1. The summed E-state index contributed by atoms with van der Waals surface area (Å²) in [5, 5.41) is 20.0. The van der Waals surface area contributed by atoms with Crippen LogP contribution in [0, 0.1) is 17.0 Å². The van der Waals surface area contributed by atoms with E-state index in [1.54, 1.807) is 19.1 Å². The molecule has 0 bridgehead atoms. The van der Waals surface area contributed by atoms with Crippen molar-refractivity contribution in [1.29, 1.82) is 0 Å². The summed E-state index contributed by atoms with van der Waals surface area (Å²) in [5.41, 5.74) is -0.0604. The van der Waals surface area contributed by atoms with E-state index in [0.29, 0.717) is 24.0 Å². The average molecular weight is 221 g/mol. The molecule has 0 amide bonds. The predicted molar refractivity (Wildman–Crippen MR) is 56.4 cm³/mol. The second kappa shape index (κ2) is 3.30. The second-order valence-corrected chi connectivity index (χ2v) is 4.11. The third kappa shape index (κ3) is 1.36. The summed E-state index contributed by atoms with van der Waals surface area (Å²) in [7, 11) is 0. The van der Waals surface area contributed by atoms with Crippen LogP contribution >= 0.6 is 0 Å². The summed E-state index contributed by atoms with van der Waals surface area (Å²) in [6, 6.07) is 4.66. The summed E-state index contributed by atoms with van der Waals surface area (Å²) in [6.45, 7) is 1.71. The van der Waals surface area contributed by atoms with Gasteiger partial charge in [0, 0.05) is 6.07 Å². The third-order valence-corrected chi connectivity index (χ3v) is 3.09. The van der Waals surface area contributed by atoms with Crippen LogP contribution in [0.4, 0.5) is 5.69 Å². The van der Waals surface area contributed by atoms with Gasteiger partial charge in [-0.05, 0) is 25.3 Å². The molecule has 0 radical (unpaired) electrons. The molecule has 0 saturated heterocycles. The summed E-state index contributed by atoms with van der Waals surface area (Å²) in [5.74, 6) is -0.968. The van der Waals surface area contributed by atoms with E-state index in [1.807, 2.05) is 0 Å². The van der Waals surface area contributed by atoms with E-state index in [0.717, 1.165) is 0 Å². The fraction of sp³-hybridized carbons (Fsp3) is 0.364. The van der Waals surface area contributed by atoms with E-state index in [4.69, 9.17) is 5.11 Å². The van der Waals surface area contributed by atoms with Gasteiger partial charge in [0.05, 0.1) is 15.9 Å². The Balaban J connectivity index is 2.64. The van der Waals surface area contributed by atoms with Crippen molar-refractivity contribution in [1.82, 2.24) is 0 Å². The Hall–Kier alpha value is -1.91. The van der Waals surface area contributed by atoms with Crippen molar-refractivity contribution in [2.75, 3.05) is 0 Å². The van der Waals surface area contributed by atoms with Gasteiger partial charge < -0.3 is 5.11 Å². The first-order valence-corrected chi connectivity index (χ1v) is 4.97. The van der Waals surface area contributed by atoms with Crippen molar-refractivity contribution in [2.24, 2.45) is 0 Å². The van der Waals surface area contributed by atoms with Crippen molar-refractivity contribution in [3.63, 3.8) is 0 Å². The summed E-state index contributed by atoms with van der Waals surface area (Å²) in [6.07, 6.45) is 0.960. The third-order valence-electron chi connectivity index (χ3n) is 3.09. The molecular weight excluding hydrogens is 210 g/mol. The van der Waals surface area contributed by atoms with Crippen LogP contribution in [0.3, 0.4) is 0 Å². The number of rotatable bonds is 3. The van der Waals surface area contributed by atoms with E-state index in [9.17, 15) is 14.9 Å². The maximum absolute atomic E-state index is 11.2. The molecule has 1 aromatic carbocycles. The van der Waals surface area contributed by atoms with Crippen molar-refractivity contribution in [3.8, 4) is 0 Å². The lowest BCUT2D eigenvalue weighted by Gasteiger charge is -2.13. The molecule has 1 aromatic rings. The number of nitro groups is 1. The topological polar surface area (TPSA) is 80.4 Å². The van der Waals surface area contributed by atoms with Gasteiger partial charge in [-0.1, -0.05) is 12.1 Å². The van der Waals surface area contributed by atoms with Gasteiger partial charge in [-0.25, -0.2) is 0 Å². The molecule has 1 saturated carbocycles. The number of carboxylic acids is 1. The Morgan fingerprint density at radius 2 is 2.12 bits per heavy atom. The highest BCUT2D eigenvalue weighted by molar-refractivity contribution is 5.87. The minimum Gasteiger partial charge on any atom is -0.481 e. The zero-order valence-electron chi connectivity index (χ0n) is 8.77. The fourth-order valence-corrected chi connectivity index (χ4v) is 2.12. The molecule has 1 N–H and O–H groups in total. The maximum atomic E-state index is 11.2. The Morgan fingerprint density at radius 3 is 2.56 bits per heavy atom. The molecule has 5 nitrogen and oxygen atoms in total. The standard InChI is InChI=1S/C11H11NO4/c1-7-3-2-4-8(12(15)16)9(7)11(5-6-11)10(13)14/h2-4H,5-6H2,1H3,(H,13,14). The van der Waals surface area contributed by atoms with Gasteiger partial charge in [0.2, 0.25) is 0 Å². The van der Waals surface area contributed by atoms with Crippen LogP contribution in [0.1, 0.15) is 24.0 Å². The van der Waals surface area contributed by atoms with Crippen LogP contribution in [-0.4, -0.2) is 16.0 Å². The molecular formula is C11H11NO4. The van der Waals surface area contributed by atoms with Crippen molar-refractivity contribution in [2.45, 2.75) is 25.2 Å². The van der Waals surface area contributed by atoms with Crippen LogP contribution in [0.2, 0.25) is 0 Å². The molecule has 1 fully saturated rings. The number of carbonyl (C=O) groups is 1. The quantitative estimate of drug-likeness (QED) is 0.625. The van der Waals surface area contributed by atoms with Crippen LogP contribution < -0.4 is 0 Å². The lowest BCUT2D eigenvalue weighted by atomic mass is 9.90. The van der Waals surface area contributed by atoms with Crippen molar-refractivity contribution >= 4 is 11.7 Å². The summed E-state index contributed by atoms with van der Waals surface area (Å²) >= 11 is 0. The van der Waals surface area contributed by atoms with Gasteiger partial charge >= 0.3 is 5.97 Å². The molecule has 0 aliphatic heterocycles. The smallest absolute Gasteiger partial charge is 0.314 e.